The number of allylic oxidation sites excluding steroid dienone is 3. The van der Waals surface area contributed by atoms with Crippen molar-refractivity contribution in [2.75, 3.05) is 14.1 Å². The Bertz CT molecular complexity index is 1110. The van der Waals surface area contributed by atoms with E-state index in [2.05, 4.69) is 87.5 Å². The molecule has 2 saturated carbocycles. The molecule has 0 saturated heterocycles. The van der Waals surface area contributed by atoms with Crippen LogP contribution in [0, 0.1) is 28.6 Å². The van der Waals surface area contributed by atoms with Crippen molar-refractivity contribution in [2.45, 2.75) is 64.8 Å². The van der Waals surface area contributed by atoms with Gasteiger partial charge in [-0.05, 0) is 116 Å². The molecule has 0 bridgehead atoms. The van der Waals surface area contributed by atoms with Crippen LogP contribution < -0.4 is 0 Å². The minimum Gasteiger partial charge on any atom is -0.306 e. The van der Waals surface area contributed by atoms with Gasteiger partial charge in [-0.2, -0.15) is 0 Å². The second-order valence-corrected chi connectivity index (χ2v) is 12.0. The molecule has 0 radical (unpaired) electrons. The van der Waals surface area contributed by atoms with Gasteiger partial charge in [0.15, 0.2) is 0 Å². The zero-order valence-corrected chi connectivity index (χ0v) is 20.4. The van der Waals surface area contributed by atoms with E-state index in [0.717, 1.165) is 23.8 Å². The molecule has 0 unspecified atom stereocenters. The molecular formula is C31H39N. The minimum absolute atomic E-state index is 0.339. The maximum Gasteiger partial charge on any atom is 0.0127 e. The summed E-state index contributed by atoms with van der Waals surface area (Å²) in [6, 6.07) is 16.7. The van der Waals surface area contributed by atoms with Gasteiger partial charge in [0, 0.05) is 6.04 Å². The van der Waals surface area contributed by atoms with Crippen LogP contribution in [0.1, 0.15) is 64.4 Å². The van der Waals surface area contributed by atoms with Crippen molar-refractivity contribution in [3.63, 3.8) is 0 Å². The first kappa shape index (κ1) is 20.7. The predicted molar refractivity (Wildman–Crippen MR) is 136 cm³/mol. The van der Waals surface area contributed by atoms with E-state index in [1.165, 1.54) is 61.3 Å². The molecule has 2 aromatic carbocycles. The van der Waals surface area contributed by atoms with Gasteiger partial charge < -0.3 is 4.90 Å². The fourth-order valence-electron chi connectivity index (χ4n) is 8.45. The Hall–Kier alpha value is -1.86. The summed E-state index contributed by atoms with van der Waals surface area (Å²) >= 11 is 0. The van der Waals surface area contributed by atoms with Crippen LogP contribution in [0.2, 0.25) is 0 Å². The molecule has 32 heavy (non-hydrogen) atoms. The predicted octanol–water partition coefficient (Wildman–Crippen LogP) is 7.73. The van der Waals surface area contributed by atoms with Crippen molar-refractivity contribution in [2.24, 2.45) is 28.6 Å². The molecule has 4 aliphatic carbocycles. The van der Waals surface area contributed by atoms with Gasteiger partial charge in [-0.15, -0.1) is 0 Å². The smallest absolute Gasteiger partial charge is 0.0127 e. The summed E-state index contributed by atoms with van der Waals surface area (Å²) in [5.41, 5.74) is 5.70. The summed E-state index contributed by atoms with van der Waals surface area (Å²) < 4.78 is 0. The molecule has 0 N–H and O–H groups in total. The van der Waals surface area contributed by atoms with E-state index in [9.17, 15) is 0 Å². The SMILES string of the molecule is CN(C)[C@@H]1CC[C@@]2(C)C(=CC[C@@H]3[C@@H]2CC[C@]2(C)C(c4ccc5ccccc5c4)=CC[C@@H]32)C1. The third-order valence-electron chi connectivity index (χ3n) is 10.4. The highest BCUT2D eigenvalue weighted by molar-refractivity contribution is 5.87. The zero-order chi connectivity index (χ0) is 22.1. The molecule has 0 heterocycles. The Morgan fingerprint density at radius 3 is 2.41 bits per heavy atom. The lowest BCUT2D eigenvalue weighted by atomic mass is 9.47. The molecule has 1 heteroatoms. The molecule has 1 nitrogen and oxygen atoms in total. The number of fused-ring (bicyclic) bond motifs is 6. The van der Waals surface area contributed by atoms with E-state index in [1.54, 1.807) is 11.1 Å². The lowest BCUT2D eigenvalue weighted by Gasteiger charge is -2.58. The summed E-state index contributed by atoms with van der Waals surface area (Å²) in [6.07, 6.45) is 14.7. The first-order valence-corrected chi connectivity index (χ1v) is 13.0. The summed E-state index contributed by atoms with van der Waals surface area (Å²) in [5.74, 6) is 2.55. The Morgan fingerprint density at radius 2 is 1.59 bits per heavy atom. The monoisotopic (exact) mass is 425 g/mol. The van der Waals surface area contributed by atoms with Crippen LogP contribution >= 0.6 is 0 Å². The average molecular weight is 426 g/mol. The normalized spacial score (nSPS) is 38.7. The Morgan fingerprint density at radius 1 is 0.812 bits per heavy atom. The first-order valence-electron chi connectivity index (χ1n) is 13.0. The molecule has 2 aromatic rings. The lowest BCUT2D eigenvalue weighted by Crippen LogP contribution is -2.50. The van der Waals surface area contributed by atoms with Crippen LogP contribution in [-0.2, 0) is 0 Å². The van der Waals surface area contributed by atoms with Gasteiger partial charge in [0.2, 0.25) is 0 Å². The molecule has 0 aliphatic heterocycles. The summed E-state index contributed by atoms with van der Waals surface area (Å²) in [6.45, 7) is 5.24. The second-order valence-electron chi connectivity index (χ2n) is 12.0. The van der Waals surface area contributed by atoms with Gasteiger partial charge in [0.05, 0.1) is 0 Å². The Labute approximate surface area is 194 Å². The standard InChI is InChI=1S/C31H39N/c1-30-17-15-25(32(3)4)20-24(30)11-12-26-28-14-13-27(31(28,2)18-16-29(26)30)23-10-9-21-7-5-6-8-22(21)19-23/h5-11,13,19,25-26,28-29H,12,14-18,20H2,1-4H3/t25-,26+,28+,29+,30+,31-/m1/s1. The molecule has 6 atom stereocenters. The van der Waals surface area contributed by atoms with Gasteiger partial charge in [0.25, 0.3) is 0 Å². The molecular weight excluding hydrogens is 386 g/mol. The number of benzene rings is 2. The van der Waals surface area contributed by atoms with Crippen molar-refractivity contribution < 1.29 is 0 Å². The largest absolute Gasteiger partial charge is 0.306 e. The van der Waals surface area contributed by atoms with Gasteiger partial charge in [-0.25, -0.2) is 0 Å². The summed E-state index contributed by atoms with van der Waals surface area (Å²) in [7, 11) is 4.54. The molecule has 2 fully saturated rings. The number of hydrogen-bond acceptors (Lipinski definition) is 1. The molecule has 0 amide bonds. The summed E-state index contributed by atoms with van der Waals surface area (Å²) in [4.78, 5) is 2.46. The van der Waals surface area contributed by atoms with E-state index in [1.807, 2.05) is 0 Å². The van der Waals surface area contributed by atoms with Crippen molar-refractivity contribution in [3.8, 4) is 0 Å². The van der Waals surface area contributed by atoms with Gasteiger partial charge in [-0.3, -0.25) is 0 Å². The van der Waals surface area contributed by atoms with Crippen molar-refractivity contribution in [1.29, 1.82) is 0 Å². The Kier molecular flexibility index (Phi) is 4.74. The second kappa shape index (κ2) is 7.32. The molecule has 168 valence electrons. The van der Waals surface area contributed by atoms with E-state index in [0.29, 0.717) is 10.8 Å². The molecule has 6 rings (SSSR count). The maximum absolute atomic E-state index is 2.70. The van der Waals surface area contributed by atoms with E-state index in [-0.39, 0.29) is 0 Å². The van der Waals surface area contributed by atoms with Gasteiger partial charge >= 0.3 is 0 Å². The quantitative estimate of drug-likeness (QED) is 0.445. The van der Waals surface area contributed by atoms with Crippen LogP contribution in [0.15, 0.2) is 60.2 Å². The highest BCUT2D eigenvalue weighted by Gasteiger charge is 2.56. The third-order valence-corrected chi connectivity index (χ3v) is 10.4. The van der Waals surface area contributed by atoms with Crippen molar-refractivity contribution in [1.82, 2.24) is 4.90 Å². The van der Waals surface area contributed by atoms with Crippen LogP contribution in [0.25, 0.3) is 16.3 Å². The highest BCUT2D eigenvalue weighted by Crippen LogP contribution is 2.66. The number of hydrogen-bond donors (Lipinski definition) is 0. The number of nitrogens with zero attached hydrogens (tertiary/aromatic N) is 1. The highest BCUT2D eigenvalue weighted by atomic mass is 15.1. The van der Waals surface area contributed by atoms with Crippen LogP contribution in [0.4, 0.5) is 0 Å². The van der Waals surface area contributed by atoms with Crippen molar-refractivity contribution in [3.05, 3.63) is 65.8 Å². The number of rotatable bonds is 2. The third kappa shape index (κ3) is 2.93. The van der Waals surface area contributed by atoms with E-state index >= 15 is 0 Å². The van der Waals surface area contributed by atoms with Crippen LogP contribution in [0.5, 0.6) is 0 Å². The lowest BCUT2D eigenvalue weighted by molar-refractivity contribution is -0.0164. The van der Waals surface area contributed by atoms with Crippen LogP contribution in [-0.4, -0.2) is 25.0 Å². The van der Waals surface area contributed by atoms with E-state index < -0.39 is 0 Å². The first-order chi connectivity index (χ1) is 15.4. The molecule has 4 aliphatic rings. The van der Waals surface area contributed by atoms with E-state index in [4.69, 9.17) is 0 Å². The minimum atomic E-state index is 0.339. The topological polar surface area (TPSA) is 3.24 Å². The fraction of sp³-hybridized carbons (Fsp3) is 0.548. The fourth-order valence-corrected chi connectivity index (χ4v) is 8.45. The van der Waals surface area contributed by atoms with Gasteiger partial charge in [0.1, 0.15) is 0 Å². The summed E-state index contributed by atoms with van der Waals surface area (Å²) in [5, 5.41) is 2.73. The Balaban J connectivity index is 1.31. The zero-order valence-electron chi connectivity index (χ0n) is 20.4. The van der Waals surface area contributed by atoms with Gasteiger partial charge in [-0.1, -0.05) is 68.0 Å². The molecule has 0 aromatic heterocycles. The van der Waals surface area contributed by atoms with Crippen LogP contribution in [0.3, 0.4) is 0 Å². The maximum atomic E-state index is 2.70. The average Bonchev–Trinajstić information content (AvgIpc) is 3.15. The van der Waals surface area contributed by atoms with Crippen molar-refractivity contribution >= 4 is 16.3 Å². The molecule has 0 spiro atoms.